The Morgan fingerprint density at radius 2 is 1.97 bits per heavy atom. The molecule has 33 heavy (non-hydrogen) atoms. The van der Waals surface area contributed by atoms with Gasteiger partial charge in [-0.05, 0) is 37.8 Å². The lowest BCUT2D eigenvalue weighted by Gasteiger charge is -2.32. The van der Waals surface area contributed by atoms with Crippen LogP contribution in [0.25, 0.3) is 0 Å². The van der Waals surface area contributed by atoms with Crippen LogP contribution in [0.5, 0.6) is 5.75 Å². The van der Waals surface area contributed by atoms with Gasteiger partial charge < -0.3 is 30.3 Å². The third-order valence-electron chi connectivity index (χ3n) is 6.93. The van der Waals surface area contributed by atoms with Gasteiger partial charge in [0.15, 0.2) is 0 Å². The van der Waals surface area contributed by atoms with Gasteiger partial charge in [0.2, 0.25) is 11.9 Å². The highest BCUT2D eigenvalue weighted by Crippen LogP contribution is 2.34. The number of amides is 1. The third-order valence-corrected chi connectivity index (χ3v) is 6.93. The summed E-state index contributed by atoms with van der Waals surface area (Å²) in [5.74, 6) is 2.05. The molecule has 0 unspecified atom stereocenters. The molecule has 5 rings (SSSR count). The number of hydrogen-bond donors (Lipinski definition) is 3. The second kappa shape index (κ2) is 9.43. The predicted molar refractivity (Wildman–Crippen MR) is 127 cm³/mol. The van der Waals surface area contributed by atoms with Crippen LogP contribution in [0.3, 0.4) is 0 Å². The molecule has 2 aliphatic heterocycles. The Labute approximate surface area is 194 Å². The van der Waals surface area contributed by atoms with Crippen molar-refractivity contribution < 1.29 is 14.6 Å². The molecule has 9 heteroatoms. The van der Waals surface area contributed by atoms with Crippen LogP contribution in [0.2, 0.25) is 0 Å². The van der Waals surface area contributed by atoms with Crippen LogP contribution in [0, 0.1) is 0 Å². The van der Waals surface area contributed by atoms with E-state index in [0.717, 1.165) is 61.5 Å². The monoisotopic (exact) mass is 452 g/mol. The van der Waals surface area contributed by atoms with Gasteiger partial charge in [0.25, 0.3) is 0 Å². The van der Waals surface area contributed by atoms with E-state index >= 15 is 0 Å². The number of nitrogens with one attached hydrogen (secondary N) is 2. The van der Waals surface area contributed by atoms with Crippen LogP contribution >= 0.6 is 0 Å². The highest BCUT2D eigenvalue weighted by Gasteiger charge is 2.30. The van der Waals surface area contributed by atoms with Crippen LogP contribution in [-0.4, -0.2) is 59.9 Å². The summed E-state index contributed by atoms with van der Waals surface area (Å²) in [6.07, 6.45) is 7.70. The van der Waals surface area contributed by atoms with Gasteiger partial charge in [-0.25, -0.2) is 4.98 Å². The minimum Gasteiger partial charge on any atom is -0.494 e. The molecule has 0 bridgehead atoms. The van der Waals surface area contributed by atoms with Gasteiger partial charge in [-0.15, -0.1) is 0 Å². The Bertz CT molecular complexity index is 1000. The van der Waals surface area contributed by atoms with E-state index in [1.807, 2.05) is 12.1 Å². The molecule has 3 N–H and O–H groups in total. The molecule has 0 radical (unpaired) electrons. The van der Waals surface area contributed by atoms with Crippen LogP contribution in [0.1, 0.15) is 44.1 Å². The van der Waals surface area contributed by atoms with Gasteiger partial charge in [-0.2, -0.15) is 4.98 Å². The van der Waals surface area contributed by atoms with Gasteiger partial charge in [0.1, 0.15) is 11.6 Å². The number of anilines is 4. The molecule has 0 spiro atoms. The van der Waals surface area contributed by atoms with Crippen molar-refractivity contribution in [3.63, 3.8) is 0 Å². The summed E-state index contributed by atoms with van der Waals surface area (Å²) in [7, 11) is 1.65. The number of aliphatic hydroxyl groups excluding tert-OH is 1. The molecule has 1 saturated heterocycles. The quantitative estimate of drug-likeness (QED) is 0.636. The van der Waals surface area contributed by atoms with E-state index < -0.39 is 0 Å². The SMILES string of the molecule is COc1cc(N2CCC(O)CC2)ccc1Nc1ncc2c(n1)N(C1CCCC1)CC(=O)NC2. The van der Waals surface area contributed by atoms with Crippen molar-refractivity contribution in [2.75, 3.05) is 41.9 Å². The van der Waals surface area contributed by atoms with E-state index in [9.17, 15) is 9.90 Å². The fraction of sp³-hybridized carbons (Fsp3) is 0.542. The number of carbonyl (C=O) groups is 1. The number of aliphatic hydroxyl groups is 1. The molecule has 3 heterocycles. The Morgan fingerprint density at radius 3 is 2.73 bits per heavy atom. The molecular formula is C24H32N6O3. The maximum Gasteiger partial charge on any atom is 0.239 e. The van der Waals surface area contributed by atoms with Gasteiger partial charge in [-0.1, -0.05) is 12.8 Å². The lowest BCUT2D eigenvalue weighted by Crippen LogP contribution is -2.40. The maximum absolute atomic E-state index is 12.3. The van der Waals surface area contributed by atoms with E-state index in [0.29, 0.717) is 30.8 Å². The predicted octanol–water partition coefficient (Wildman–Crippen LogP) is 2.57. The fourth-order valence-electron chi connectivity index (χ4n) is 5.05. The molecule has 1 aromatic carbocycles. The number of fused-ring (bicyclic) bond motifs is 1. The molecule has 1 amide bonds. The molecule has 1 aromatic heterocycles. The van der Waals surface area contributed by atoms with Gasteiger partial charge in [0.05, 0.1) is 25.4 Å². The Hall–Kier alpha value is -3.07. The van der Waals surface area contributed by atoms with Crippen LogP contribution < -0.4 is 25.2 Å². The molecule has 3 aliphatic rings. The summed E-state index contributed by atoms with van der Waals surface area (Å²) in [5.41, 5.74) is 2.80. The molecule has 2 aromatic rings. The second-order valence-electron chi connectivity index (χ2n) is 9.11. The summed E-state index contributed by atoms with van der Waals surface area (Å²) < 4.78 is 5.66. The van der Waals surface area contributed by atoms with Crippen molar-refractivity contribution in [1.29, 1.82) is 0 Å². The zero-order valence-corrected chi connectivity index (χ0v) is 19.1. The van der Waals surface area contributed by atoms with Crippen molar-refractivity contribution in [2.45, 2.75) is 57.2 Å². The molecule has 1 saturated carbocycles. The lowest BCUT2D eigenvalue weighted by molar-refractivity contribution is -0.119. The first kappa shape index (κ1) is 21.8. The number of aromatic nitrogens is 2. The first-order valence-electron chi connectivity index (χ1n) is 11.9. The average molecular weight is 453 g/mol. The smallest absolute Gasteiger partial charge is 0.239 e. The zero-order chi connectivity index (χ0) is 22.8. The molecule has 176 valence electrons. The van der Waals surface area contributed by atoms with Gasteiger partial charge >= 0.3 is 0 Å². The highest BCUT2D eigenvalue weighted by molar-refractivity contribution is 5.83. The third kappa shape index (κ3) is 4.68. The summed E-state index contributed by atoms with van der Waals surface area (Å²) >= 11 is 0. The molecule has 2 fully saturated rings. The minimum absolute atomic E-state index is 0.0249. The Kier molecular flexibility index (Phi) is 6.22. The Morgan fingerprint density at radius 1 is 1.18 bits per heavy atom. The second-order valence-corrected chi connectivity index (χ2v) is 9.11. The number of benzene rings is 1. The van der Waals surface area contributed by atoms with Crippen molar-refractivity contribution in [3.05, 3.63) is 30.0 Å². The number of ether oxygens (including phenoxy) is 1. The number of rotatable bonds is 5. The van der Waals surface area contributed by atoms with E-state index in [-0.39, 0.29) is 12.0 Å². The lowest BCUT2D eigenvalue weighted by atomic mass is 10.1. The number of nitrogens with zero attached hydrogens (tertiary/aromatic N) is 4. The van der Waals surface area contributed by atoms with Crippen molar-refractivity contribution >= 4 is 29.0 Å². The summed E-state index contributed by atoms with van der Waals surface area (Å²) in [6, 6.07) is 6.39. The van der Waals surface area contributed by atoms with Crippen LogP contribution in [0.15, 0.2) is 24.4 Å². The standard InChI is InChI=1S/C24H32N6O3/c1-33-21-12-18(29-10-8-19(31)9-11-29)6-7-20(21)27-24-26-14-16-13-25-22(32)15-30(23(16)28-24)17-4-2-3-5-17/h6-7,12,14,17,19,31H,2-5,8-11,13,15H2,1H3,(H,25,32)(H,26,27,28). The van der Waals surface area contributed by atoms with E-state index in [1.54, 1.807) is 13.3 Å². The van der Waals surface area contributed by atoms with Crippen molar-refractivity contribution in [1.82, 2.24) is 15.3 Å². The van der Waals surface area contributed by atoms with Gasteiger partial charge in [0, 0.05) is 49.2 Å². The van der Waals surface area contributed by atoms with Crippen LogP contribution in [-0.2, 0) is 11.3 Å². The number of carbonyl (C=O) groups excluding carboxylic acids is 1. The molecular weight excluding hydrogens is 420 g/mol. The Balaban J connectivity index is 1.39. The average Bonchev–Trinajstić information content (AvgIpc) is 3.32. The molecule has 0 atom stereocenters. The summed E-state index contributed by atoms with van der Waals surface area (Å²) in [6.45, 7) is 2.43. The number of hydrogen-bond acceptors (Lipinski definition) is 8. The molecule has 1 aliphatic carbocycles. The normalized spacial score (nSPS) is 19.8. The first-order chi connectivity index (χ1) is 16.1. The number of piperidine rings is 1. The van der Waals surface area contributed by atoms with E-state index in [2.05, 4.69) is 31.5 Å². The van der Waals surface area contributed by atoms with Crippen molar-refractivity contribution in [2.24, 2.45) is 0 Å². The molecule has 9 nitrogen and oxygen atoms in total. The topological polar surface area (TPSA) is 103 Å². The minimum atomic E-state index is -0.205. The first-order valence-corrected chi connectivity index (χ1v) is 11.9. The summed E-state index contributed by atoms with van der Waals surface area (Å²) in [5, 5.41) is 16.1. The number of methoxy groups -OCH3 is 1. The fourth-order valence-corrected chi connectivity index (χ4v) is 5.05. The van der Waals surface area contributed by atoms with E-state index in [4.69, 9.17) is 9.72 Å². The largest absolute Gasteiger partial charge is 0.494 e. The van der Waals surface area contributed by atoms with Crippen molar-refractivity contribution in [3.8, 4) is 5.75 Å². The maximum atomic E-state index is 12.3. The summed E-state index contributed by atoms with van der Waals surface area (Å²) in [4.78, 5) is 26.1. The zero-order valence-electron chi connectivity index (χ0n) is 19.1. The van der Waals surface area contributed by atoms with E-state index in [1.165, 1.54) is 12.8 Å². The highest BCUT2D eigenvalue weighted by atomic mass is 16.5. The van der Waals surface area contributed by atoms with Gasteiger partial charge in [-0.3, -0.25) is 4.79 Å². The van der Waals surface area contributed by atoms with Crippen LogP contribution in [0.4, 0.5) is 23.1 Å².